The molecule has 4 amide bonds. The molecule has 3 fully saturated rings. The second-order valence-corrected chi connectivity index (χ2v) is 12.8. The van der Waals surface area contributed by atoms with Crippen molar-refractivity contribution in [1.82, 2.24) is 9.91 Å². The number of benzene rings is 2. The van der Waals surface area contributed by atoms with Crippen LogP contribution < -0.4 is 10.2 Å². The molecule has 0 radical (unpaired) electrons. The molecule has 2 aliphatic carbocycles. The zero-order valence-corrected chi connectivity index (χ0v) is 25.8. The fourth-order valence-electron chi connectivity index (χ4n) is 7.94. The predicted octanol–water partition coefficient (Wildman–Crippen LogP) is 4.70. The van der Waals surface area contributed by atoms with E-state index >= 15 is 4.79 Å². The Kier molecular flexibility index (Phi) is 7.07. The lowest BCUT2D eigenvalue weighted by atomic mass is 9.50. The van der Waals surface area contributed by atoms with Crippen molar-refractivity contribution in [3.8, 4) is 5.75 Å². The molecule has 2 aromatic carbocycles. The van der Waals surface area contributed by atoms with Gasteiger partial charge >= 0.3 is 0 Å². The van der Waals surface area contributed by atoms with Gasteiger partial charge in [-0.2, -0.15) is 5.01 Å². The third-order valence-electron chi connectivity index (χ3n) is 9.92. The van der Waals surface area contributed by atoms with Crippen molar-refractivity contribution in [2.45, 2.75) is 30.8 Å². The number of methoxy groups -OCH3 is 1. The topological polar surface area (TPSA) is 129 Å². The average molecular weight is 651 g/mol. The van der Waals surface area contributed by atoms with E-state index in [1.807, 2.05) is 6.08 Å². The van der Waals surface area contributed by atoms with Crippen molar-refractivity contribution < 1.29 is 33.4 Å². The number of ether oxygens (including phenoxy) is 1. The minimum absolute atomic E-state index is 0.146. The van der Waals surface area contributed by atoms with Gasteiger partial charge in [0.25, 0.3) is 11.8 Å². The molecule has 0 spiro atoms. The van der Waals surface area contributed by atoms with Gasteiger partial charge in [-0.3, -0.25) is 29.5 Å². The van der Waals surface area contributed by atoms with E-state index in [2.05, 4.69) is 5.43 Å². The summed E-state index contributed by atoms with van der Waals surface area (Å²) in [5.41, 5.74) is 3.04. The van der Waals surface area contributed by atoms with Crippen LogP contribution in [0.3, 0.4) is 0 Å². The average Bonchev–Trinajstić information content (AvgIpc) is 3.67. The van der Waals surface area contributed by atoms with Gasteiger partial charge in [-0.05, 0) is 66.8 Å². The summed E-state index contributed by atoms with van der Waals surface area (Å²) in [4.78, 5) is 57.4. The Morgan fingerprint density at radius 2 is 1.76 bits per heavy atom. The first-order valence-electron chi connectivity index (χ1n) is 14.6. The SMILES string of the molecule is COc1ccc(C23C(=O)N(Nc4ccc(Cl)cc4Cl)C(=O)C2CC2C(=CCC4C(=O)N(C)C(=O)C42)C3c2ccc(CO)o2)cc1. The fourth-order valence-corrected chi connectivity index (χ4v) is 8.39. The second-order valence-electron chi connectivity index (χ2n) is 11.9. The maximum absolute atomic E-state index is 15.0. The number of imide groups is 2. The van der Waals surface area contributed by atoms with Crippen LogP contribution in [0, 0.1) is 23.7 Å². The number of hydrogen-bond donors (Lipinski definition) is 2. The first-order chi connectivity index (χ1) is 21.6. The summed E-state index contributed by atoms with van der Waals surface area (Å²) in [6.07, 6.45) is 2.39. The Labute approximate surface area is 268 Å². The Morgan fingerprint density at radius 3 is 2.42 bits per heavy atom. The Balaban J connectivity index is 1.46. The van der Waals surface area contributed by atoms with E-state index in [0.29, 0.717) is 34.2 Å². The van der Waals surface area contributed by atoms with Gasteiger partial charge in [0.15, 0.2) is 0 Å². The van der Waals surface area contributed by atoms with Crippen LogP contribution in [0.1, 0.15) is 35.8 Å². The minimum Gasteiger partial charge on any atom is -0.497 e. The molecule has 6 atom stereocenters. The van der Waals surface area contributed by atoms with Crippen LogP contribution in [0.25, 0.3) is 0 Å². The largest absolute Gasteiger partial charge is 0.497 e. The normalized spacial score (nSPS) is 29.0. The number of nitrogens with zero attached hydrogens (tertiary/aromatic N) is 2. The molecule has 1 aromatic heterocycles. The molecule has 1 saturated carbocycles. The van der Waals surface area contributed by atoms with Crippen molar-refractivity contribution in [3.05, 3.63) is 93.4 Å². The number of aliphatic hydroxyl groups is 1. The van der Waals surface area contributed by atoms with E-state index in [1.54, 1.807) is 48.5 Å². The molecule has 0 bridgehead atoms. The van der Waals surface area contributed by atoms with Crippen molar-refractivity contribution >= 4 is 52.5 Å². The van der Waals surface area contributed by atoms with Gasteiger partial charge in [-0.15, -0.1) is 0 Å². The molecule has 12 heteroatoms. The number of aliphatic hydroxyl groups excluding tert-OH is 1. The number of rotatable bonds is 6. The van der Waals surface area contributed by atoms with Crippen molar-refractivity contribution in [2.24, 2.45) is 23.7 Å². The summed E-state index contributed by atoms with van der Waals surface area (Å²) in [7, 11) is 3.02. The summed E-state index contributed by atoms with van der Waals surface area (Å²) >= 11 is 12.6. The number of furan rings is 1. The van der Waals surface area contributed by atoms with Crippen LogP contribution in [0.5, 0.6) is 5.75 Å². The number of halogens is 2. The highest BCUT2D eigenvalue weighted by Gasteiger charge is 2.71. The van der Waals surface area contributed by atoms with Crippen LogP contribution in [-0.4, -0.2) is 52.8 Å². The molecule has 2 saturated heterocycles. The lowest BCUT2D eigenvalue weighted by molar-refractivity contribution is -0.140. The third-order valence-corrected chi connectivity index (χ3v) is 10.5. The van der Waals surface area contributed by atoms with Gasteiger partial charge in [-0.1, -0.05) is 47.0 Å². The predicted molar refractivity (Wildman–Crippen MR) is 163 cm³/mol. The number of hydrazine groups is 1. The lowest BCUT2D eigenvalue weighted by Gasteiger charge is -2.49. The Morgan fingerprint density at radius 1 is 1.00 bits per heavy atom. The zero-order valence-electron chi connectivity index (χ0n) is 24.3. The maximum atomic E-state index is 15.0. The van der Waals surface area contributed by atoms with E-state index in [0.717, 1.165) is 10.6 Å². The Bertz CT molecular complexity index is 1790. The van der Waals surface area contributed by atoms with Gasteiger partial charge in [0, 0.05) is 12.1 Å². The number of amides is 4. The highest BCUT2D eigenvalue weighted by Crippen LogP contribution is 2.64. The number of fused-ring (bicyclic) bond motifs is 4. The van der Waals surface area contributed by atoms with E-state index in [1.165, 1.54) is 25.1 Å². The van der Waals surface area contributed by atoms with Crippen LogP contribution in [0.15, 0.2) is 70.7 Å². The molecule has 6 unspecified atom stereocenters. The molecule has 4 aliphatic rings. The molecule has 3 aromatic rings. The van der Waals surface area contributed by atoms with Crippen LogP contribution in [0.2, 0.25) is 10.0 Å². The summed E-state index contributed by atoms with van der Waals surface area (Å²) in [6, 6.07) is 15.0. The molecular formula is C33H29Cl2N3O7. The second kappa shape index (κ2) is 10.8. The van der Waals surface area contributed by atoms with E-state index < -0.39 is 46.8 Å². The number of likely N-dealkylation sites (tertiary alicyclic amines) is 1. The zero-order chi connectivity index (χ0) is 31.8. The summed E-state index contributed by atoms with van der Waals surface area (Å²) < 4.78 is 11.6. The van der Waals surface area contributed by atoms with Crippen molar-refractivity contribution in [2.75, 3.05) is 19.6 Å². The number of anilines is 1. The third kappa shape index (κ3) is 4.19. The van der Waals surface area contributed by atoms with Crippen LogP contribution in [-0.2, 0) is 31.2 Å². The summed E-state index contributed by atoms with van der Waals surface area (Å²) in [6.45, 7) is -0.369. The Hall–Kier alpha value is -4.12. The molecule has 2 aliphatic heterocycles. The van der Waals surface area contributed by atoms with Crippen LogP contribution in [0.4, 0.5) is 5.69 Å². The number of nitrogens with one attached hydrogen (secondary N) is 1. The van der Waals surface area contributed by atoms with Crippen molar-refractivity contribution in [1.29, 1.82) is 0 Å². The summed E-state index contributed by atoms with van der Waals surface area (Å²) in [5, 5.41) is 11.5. The summed E-state index contributed by atoms with van der Waals surface area (Å²) in [5.74, 6) is -3.91. The smallest absolute Gasteiger partial charge is 0.260 e. The highest BCUT2D eigenvalue weighted by molar-refractivity contribution is 6.36. The fraction of sp³-hybridized carbons (Fsp3) is 0.333. The van der Waals surface area contributed by atoms with Crippen molar-refractivity contribution in [3.63, 3.8) is 0 Å². The van der Waals surface area contributed by atoms with E-state index in [-0.39, 0.29) is 35.6 Å². The van der Waals surface area contributed by atoms with E-state index in [9.17, 15) is 19.5 Å². The van der Waals surface area contributed by atoms with Gasteiger partial charge in [0.05, 0.1) is 41.5 Å². The molecule has 232 valence electrons. The number of carbonyl (C=O) groups is 4. The number of hydrogen-bond acceptors (Lipinski definition) is 8. The minimum atomic E-state index is -1.52. The molecule has 3 heterocycles. The molecule has 10 nitrogen and oxygen atoms in total. The number of carbonyl (C=O) groups excluding carboxylic acids is 4. The first kappa shape index (κ1) is 29.6. The van der Waals surface area contributed by atoms with Gasteiger partial charge in [0.1, 0.15) is 29.3 Å². The van der Waals surface area contributed by atoms with Gasteiger partial charge < -0.3 is 14.3 Å². The molecular weight excluding hydrogens is 621 g/mol. The highest BCUT2D eigenvalue weighted by atomic mass is 35.5. The number of allylic oxidation sites excluding steroid dienone is 2. The molecule has 2 N–H and O–H groups in total. The first-order valence-corrected chi connectivity index (χ1v) is 15.3. The van der Waals surface area contributed by atoms with E-state index in [4.69, 9.17) is 32.4 Å². The van der Waals surface area contributed by atoms with Gasteiger partial charge in [0.2, 0.25) is 11.8 Å². The quantitative estimate of drug-likeness (QED) is 0.290. The molecule has 7 rings (SSSR count). The van der Waals surface area contributed by atoms with Gasteiger partial charge in [-0.25, -0.2) is 0 Å². The van der Waals surface area contributed by atoms with Crippen LogP contribution >= 0.6 is 23.2 Å². The lowest BCUT2D eigenvalue weighted by Crippen LogP contribution is -2.53. The maximum Gasteiger partial charge on any atom is 0.260 e. The monoisotopic (exact) mass is 649 g/mol. The standard InChI is InChI=1S/C33H29Cl2N3O7/c1-37-29(40)21-10-9-20-22(27(21)31(37)42)14-23-30(41)38(36-25-11-5-17(34)13-24(25)35)32(43)33(23,16-3-6-18(44-2)7-4-16)28(20)26-12-8-19(15-39)45-26/h3-9,11-13,21-23,27-28,36,39H,10,14-15H2,1-2H3. The molecule has 45 heavy (non-hydrogen) atoms.